The molecule has 0 aromatic heterocycles. The van der Waals surface area contributed by atoms with Crippen molar-refractivity contribution in [3.63, 3.8) is 0 Å². The number of halogens is 1. The van der Waals surface area contributed by atoms with E-state index in [1.807, 2.05) is 36.4 Å². The fourth-order valence-corrected chi connectivity index (χ4v) is 3.58. The summed E-state index contributed by atoms with van der Waals surface area (Å²) in [5, 5.41) is 0. The summed E-state index contributed by atoms with van der Waals surface area (Å²) in [6.45, 7) is 0.638. The molecule has 0 radical (unpaired) electrons. The average Bonchev–Trinajstić information content (AvgIpc) is 3.11. The second-order valence-electron chi connectivity index (χ2n) is 6.22. The van der Waals surface area contributed by atoms with Crippen molar-refractivity contribution in [2.45, 2.75) is 6.42 Å². The minimum absolute atomic E-state index is 0.129. The molecule has 0 bridgehead atoms. The predicted molar refractivity (Wildman–Crippen MR) is 106 cm³/mol. The summed E-state index contributed by atoms with van der Waals surface area (Å²) >= 11 is 3.38. The van der Waals surface area contributed by atoms with E-state index in [-0.39, 0.29) is 11.7 Å². The van der Waals surface area contributed by atoms with Crippen molar-refractivity contribution in [2.24, 2.45) is 0 Å². The average molecular weight is 406 g/mol. The first kappa shape index (κ1) is 16.7. The number of hydrogen-bond donors (Lipinski definition) is 0. The van der Waals surface area contributed by atoms with E-state index in [1.54, 1.807) is 41.3 Å². The van der Waals surface area contributed by atoms with Crippen molar-refractivity contribution in [1.29, 1.82) is 0 Å². The number of rotatable bonds is 3. The summed E-state index contributed by atoms with van der Waals surface area (Å²) in [5.41, 5.74) is 3.54. The van der Waals surface area contributed by atoms with Gasteiger partial charge in [0.05, 0.1) is 5.56 Å². The molecule has 0 spiro atoms. The van der Waals surface area contributed by atoms with Gasteiger partial charge >= 0.3 is 0 Å². The topological polar surface area (TPSA) is 37.4 Å². The Morgan fingerprint density at radius 3 is 2.23 bits per heavy atom. The molecule has 3 aromatic rings. The lowest BCUT2D eigenvalue weighted by molar-refractivity contribution is 0.0973. The Labute approximate surface area is 160 Å². The van der Waals surface area contributed by atoms with Gasteiger partial charge in [0, 0.05) is 27.8 Å². The molecule has 26 heavy (non-hydrogen) atoms. The third kappa shape index (κ3) is 2.97. The summed E-state index contributed by atoms with van der Waals surface area (Å²) in [4.78, 5) is 27.9. The molecule has 1 amide bonds. The molecule has 0 aliphatic carbocycles. The molecule has 0 saturated carbocycles. The molecular weight excluding hydrogens is 390 g/mol. The Hall–Kier alpha value is -2.72. The van der Waals surface area contributed by atoms with Crippen LogP contribution >= 0.6 is 15.9 Å². The molecule has 3 nitrogen and oxygen atoms in total. The molecule has 0 saturated heterocycles. The van der Waals surface area contributed by atoms with Crippen LogP contribution in [-0.2, 0) is 6.42 Å². The van der Waals surface area contributed by atoms with Crippen LogP contribution in [0.5, 0.6) is 0 Å². The number of hydrogen-bond acceptors (Lipinski definition) is 2. The Morgan fingerprint density at radius 2 is 1.46 bits per heavy atom. The van der Waals surface area contributed by atoms with Gasteiger partial charge in [-0.25, -0.2) is 0 Å². The zero-order valence-electron chi connectivity index (χ0n) is 14.0. The van der Waals surface area contributed by atoms with Crippen molar-refractivity contribution in [3.05, 3.63) is 99.5 Å². The largest absolute Gasteiger partial charge is 0.308 e. The van der Waals surface area contributed by atoms with Crippen LogP contribution in [0, 0.1) is 0 Å². The van der Waals surface area contributed by atoms with Gasteiger partial charge in [-0.15, -0.1) is 0 Å². The number of para-hydroxylation sites is 1. The summed E-state index contributed by atoms with van der Waals surface area (Å²) < 4.78 is 0.909. The maximum absolute atomic E-state index is 13.2. The highest BCUT2D eigenvalue weighted by molar-refractivity contribution is 9.10. The standard InChI is InChI=1S/C22H16BrNO2/c23-17-11-9-16(10-12-17)21(25)18-6-2-3-7-19(18)22(26)24-14-13-15-5-1-4-8-20(15)24/h1-12H,13-14H2. The van der Waals surface area contributed by atoms with Gasteiger partial charge in [0.2, 0.25) is 0 Å². The smallest absolute Gasteiger partial charge is 0.259 e. The predicted octanol–water partition coefficient (Wildman–Crippen LogP) is 4.88. The number of carbonyl (C=O) groups excluding carboxylic acids is 2. The van der Waals surface area contributed by atoms with Crippen LogP contribution in [0.2, 0.25) is 0 Å². The number of benzene rings is 3. The van der Waals surface area contributed by atoms with E-state index in [4.69, 9.17) is 0 Å². The van der Waals surface area contributed by atoms with Crippen LogP contribution in [0.4, 0.5) is 5.69 Å². The molecule has 1 aliphatic heterocycles. The van der Waals surface area contributed by atoms with E-state index in [9.17, 15) is 9.59 Å². The minimum atomic E-state index is -0.145. The van der Waals surface area contributed by atoms with Gasteiger partial charge in [0.25, 0.3) is 5.91 Å². The Morgan fingerprint density at radius 1 is 0.808 bits per heavy atom. The molecule has 0 atom stereocenters. The van der Waals surface area contributed by atoms with Crippen LogP contribution in [0.15, 0.2) is 77.3 Å². The van der Waals surface area contributed by atoms with Crippen LogP contribution < -0.4 is 4.90 Å². The number of fused-ring (bicyclic) bond motifs is 1. The van der Waals surface area contributed by atoms with Gasteiger partial charge in [-0.2, -0.15) is 0 Å². The van der Waals surface area contributed by atoms with Crippen LogP contribution in [-0.4, -0.2) is 18.2 Å². The summed E-state index contributed by atoms with van der Waals surface area (Å²) in [6, 6.07) is 22.1. The van der Waals surface area contributed by atoms with Crippen LogP contribution in [0.25, 0.3) is 0 Å². The van der Waals surface area contributed by atoms with E-state index in [0.29, 0.717) is 23.2 Å². The van der Waals surface area contributed by atoms with E-state index in [2.05, 4.69) is 15.9 Å². The number of ketones is 1. The summed E-state index contributed by atoms with van der Waals surface area (Å²) in [5.74, 6) is -0.273. The Bertz CT molecular complexity index is 995. The molecule has 1 heterocycles. The monoisotopic (exact) mass is 405 g/mol. The van der Waals surface area contributed by atoms with Crippen molar-refractivity contribution in [3.8, 4) is 0 Å². The first-order chi connectivity index (χ1) is 12.6. The molecule has 1 aliphatic rings. The molecule has 0 fully saturated rings. The minimum Gasteiger partial charge on any atom is -0.308 e. The van der Waals surface area contributed by atoms with Crippen molar-refractivity contribution in [1.82, 2.24) is 0 Å². The third-order valence-electron chi connectivity index (χ3n) is 4.64. The molecule has 0 unspecified atom stereocenters. The molecule has 0 N–H and O–H groups in total. The Kier molecular flexibility index (Phi) is 4.43. The highest BCUT2D eigenvalue weighted by atomic mass is 79.9. The van der Waals surface area contributed by atoms with E-state index in [1.165, 1.54) is 0 Å². The first-order valence-electron chi connectivity index (χ1n) is 8.44. The molecule has 4 rings (SSSR count). The van der Waals surface area contributed by atoms with E-state index >= 15 is 0 Å². The number of carbonyl (C=O) groups is 2. The molecule has 128 valence electrons. The second kappa shape index (κ2) is 6.89. The second-order valence-corrected chi connectivity index (χ2v) is 7.13. The number of amides is 1. The summed E-state index contributed by atoms with van der Waals surface area (Å²) in [6.07, 6.45) is 0.838. The molecule has 3 aromatic carbocycles. The van der Waals surface area contributed by atoms with Crippen molar-refractivity contribution >= 4 is 33.3 Å². The lowest BCUT2D eigenvalue weighted by atomic mass is 9.97. The molecular formula is C22H16BrNO2. The zero-order valence-corrected chi connectivity index (χ0v) is 15.6. The lowest BCUT2D eigenvalue weighted by Crippen LogP contribution is -2.30. The van der Waals surface area contributed by atoms with Gasteiger partial charge in [0.1, 0.15) is 0 Å². The van der Waals surface area contributed by atoms with Crippen molar-refractivity contribution < 1.29 is 9.59 Å². The van der Waals surface area contributed by atoms with Gasteiger partial charge < -0.3 is 4.90 Å². The maximum atomic E-state index is 13.2. The SMILES string of the molecule is O=C(c1ccc(Br)cc1)c1ccccc1C(=O)N1CCc2ccccc21. The first-order valence-corrected chi connectivity index (χ1v) is 9.23. The number of anilines is 1. The van der Waals surface area contributed by atoms with Crippen LogP contribution in [0.3, 0.4) is 0 Å². The zero-order chi connectivity index (χ0) is 18.1. The normalized spacial score (nSPS) is 12.7. The maximum Gasteiger partial charge on any atom is 0.259 e. The molecule has 4 heteroatoms. The van der Waals surface area contributed by atoms with Crippen LogP contribution in [0.1, 0.15) is 31.8 Å². The fraction of sp³-hybridized carbons (Fsp3) is 0.0909. The summed E-state index contributed by atoms with van der Waals surface area (Å²) in [7, 11) is 0. The Balaban J connectivity index is 1.71. The quantitative estimate of drug-likeness (QED) is 0.582. The lowest BCUT2D eigenvalue weighted by Gasteiger charge is -2.19. The highest BCUT2D eigenvalue weighted by Crippen LogP contribution is 2.30. The van der Waals surface area contributed by atoms with E-state index < -0.39 is 0 Å². The van der Waals surface area contributed by atoms with Gasteiger partial charge in [-0.05, 0) is 48.4 Å². The van der Waals surface area contributed by atoms with E-state index in [0.717, 1.165) is 22.1 Å². The van der Waals surface area contributed by atoms with Gasteiger partial charge in [0.15, 0.2) is 5.78 Å². The number of nitrogens with zero attached hydrogens (tertiary/aromatic N) is 1. The third-order valence-corrected chi connectivity index (χ3v) is 5.17. The fourth-order valence-electron chi connectivity index (χ4n) is 3.32. The highest BCUT2D eigenvalue weighted by Gasteiger charge is 2.28. The van der Waals surface area contributed by atoms with Gasteiger partial charge in [-0.1, -0.05) is 52.3 Å². The van der Waals surface area contributed by atoms with Crippen molar-refractivity contribution in [2.75, 3.05) is 11.4 Å². The van der Waals surface area contributed by atoms with Gasteiger partial charge in [-0.3, -0.25) is 9.59 Å².